The quantitative estimate of drug-likeness (QED) is 0.633. The van der Waals surface area contributed by atoms with Gasteiger partial charge in [-0.1, -0.05) is 19.1 Å². The molecule has 4 nitrogen and oxygen atoms in total. The molecule has 1 aromatic carbocycles. The second-order valence-electron chi connectivity index (χ2n) is 3.41. The highest BCUT2D eigenvalue weighted by Gasteiger charge is 2.07. The summed E-state index contributed by atoms with van der Waals surface area (Å²) < 4.78 is 30.3. The Kier molecular flexibility index (Phi) is 4.64. The minimum atomic E-state index is -4.08. The van der Waals surface area contributed by atoms with Crippen LogP contribution in [0.3, 0.4) is 0 Å². The average molecular weight is 241 g/mol. The van der Waals surface area contributed by atoms with Crippen LogP contribution < -0.4 is 0 Å². The summed E-state index contributed by atoms with van der Waals surface area (Å²) in [5.74, 6) is 0. The fraction of sp³-hybridized carbons (Fsp3) is 0.364. The first-order valence-corrected chi connectivity index (χ1v) is 6.52. The van der Waals surface area contributed by atoms with Crippen molar-refractivity contribution < 1.29 is 13.0 Å². The van der Waals surface area contributed by atoms with E-state index in [1.165, 1.54) is 12.1 Å². The van der Waals surface area contributed by atoms with Crippen LogP contribution in [0.2, 0.25) is 0 Å². The Morgan fingerprint density at radius 2 is 1.94 bits per heavy atom. The van der Waals surface area contributed by atoms with Gasteiger partial charge in [0, 0.05) is 19.2 Å². The Labute approximate surface area is 95.8 Å². The molecule has 0 bridgehead atoms. The SMILES string of the molecule is CCCN=CCc1ccc(S(=O)(=O)O)cc1. The molecule has 88 valence electrons. The van der Waals surface area contributed by atoms with Crippen molar-refractivity contribution in [3.63, 3.8) is 0 Å². The Morgan fingerprint density at radius 1 is 1.31 bits per heavy atom. The number of nitrogens with zero attached hydrogens (tertiary/aromatic N) is 1. The standard InChI is InChI=1S/C11H15NO3S/c1-2-8-12-9-7-10-3-5-11(6-4-10)16(13,14)15/h3-6,9H,2,7-8H2,1H3,(H,13,14,15). The maximum atomic E-state index is 10.8. The molecule has 0 amide bonds. The van der Waals surface area contributed by atoms with Crippen LogP contribution in [-0.2, 0) is 16.5 Å². The predicted molar refractivity (Wildman–Crippen MR) is 63.6 cm³/mol. The van der Waals surface area contributed by atoms with Crippen LogP contribution in [0.5, 0.6) is 0 Å². The van der Waals surface area contributed by atoms with E-state index in [2.05, 4.69) is 11.9 Å². The van der Waals surface area contributed by atoms with E-state index >= 15 is 0 Å². The second-order valence-corrected chi connectivity index (χ2v) is 4.83. The van der Waals surface area contributed by atoms with E-state index in [1.54, 1.807) is 12.1 Å². The summed E-state index contributed by atoms with van der Waals surface area (Å²) in [5.41, 5.74) is 0.965. The zero-order valence-corrected chi connectivity index (χ0v) is 9.94. The summed E-state index contributed by atoms with van der Waals surface area (Å²) in [6.45, 7) is 2.86. The minimum absolute atomic E-state index is 0.0817. The van der Waals surface area contributed by atoms with Crippen LogP contribution in [0, 0.1) is 0 Å². The van der Waals surface area contributed by atoms with Gasteiger partial charge in [-0.2, -0.15) is 8.42 Å². The molecule has 0 atom stereocenters. The molecule has 0 aliphatic heterocycles. The Hall–Kier alpha value is -1.20. The van der Waals surface area contributed by atoms with E-state index in [4.69, 9.17) is 4.55 Å². The summed E-state index contributed by atoms with van der Waals surface area (Å²) in [6, 6.07) is 6.11. The number of hydrogen-bond acceptors (Lipinski definition) is 3. The summed E-state index contributed by atoms with van der Waals surface area (Å²) in [5, 5.41) is 0. The van der Waals surface area contributed by atoms with Crippen LogP contribution in [0.1, 0.15) is 18.9 Å². The number of aliphatic imine (C=N–C) groups is 1. The third-order valence-corrected chi connectivity index (χ3v) is 2.90. The van der Waals surface area contributed by atoms with E-state index in [9.17, 15) is 8.42 Å². The van der Waals surface area contributed by atoms with E-state index in [-0.39, 0.29) is 4.90 Å². The summed E-state index contributed by atoms with van der Waals surface area (Å²) in [4.78, 5) is 4.08. The molecular formula is C11H15NO3S. The van der Waals surface area contributed by atoms with Crippen LogP contribution in [-0.4, -0.2) is 25.7 Å². The molecule has 0 unspecified atom stereocenters. The van der Waals surface area contributed by atoms with Crippen molar-refractivity contribution in [2.75, 3.05) is 6.54 Å². The maximum Gasteiger partial charge on any atom is 0.294 e. The van der Waals surface area contributed by atoms with E-state index in [1.807, 2.05) is 6.21 Å². The van der Waals surface area contributed by atoms with Crippen molar-refractivity contribution in [2.45, 2.75) is 24.7 Å². The zero-order chi connectivity index (χ0) is 12.0. The number of benzene rings is 1. The van der Waals surface area contributed by atoms with Gasteiger partial charge in [0.1, 0.15) is 0 Å². The average Bonchev–Trinajstić information content (AvgIpc) is 2.24. The molecule has 16 heavy (non-hydrogen) atoms. The molecule has 1 aromatic rings. The smallest absolute Gasteiger partial charge is 0.294 e. The van der Waals surface area contributed by atoms with Gasteiger partial charge in [0.15, 0.2) is 0 Å². The van der Waals surface area contributed by atoms with Gasteiger partial charge in [-0.3, -0.25) is 9.55 Å². The second kappa shape index (κ2) is 5.77. The van der Waals surface area contributed by atoms with Crippen molar-refractivity contribution in [1.29, 1.82) is 0 Å². The first-order valence-electron chi connectivity index (χ1n) is 5.08. The molecule has 0 fully saturated rings. The molecular weight excluding hydrogens is 226 g/mol. The monoisotopic (exact) mass is 241 g/mol. The lowest BCUT2D eigenvalue weighted by Gasteiger charge is -1.99. The van der Waals surface area contributed by atoms with Gasteiger partial charge in [-0.25, -0.2) is 0 Å². The van der Waals surface area contributed by atoms with Gasteiger partial charge in [0.2, 0.25) is 0 Å². The van der Waals surface area contributed by atoms with Gasteiger partial charge in [-0.05, 0) is 24.1 Å². The van der Waals surface area contributed by atoms with Crippen LogP contribution >= 0.6 is 0 Å². The Balaban J connectivity index is 2.66. The lowest BCUT2D eigenvalue weighted by atomic mass is 10.2. The van der Waals surface area contributed by atoms with Crippen LogP contribution in [0.15, 0.2) is 34.2 Å². The number of hydrogen-bond donors (Lipinski definition) is 1. The fourth-order valence-electron chi connectivity index (χ4n) is 1.19. The highest BCUT2D eigenvalue weighted by atomic mass is 32.2. The lowest BCUT2D eigenvalue weighted by molar-refractivity contribution is 0.483. The zero-order valence-electron chi connectivity index (χ0n) is 9.13. The summed E-state index contributed by atoms with van der Waals surface area (Å²) in [6.07, 6.45) is 3.50. The molecule has 0 heterocycles. The molecule has 0 saturated heterocycles. The normalized spacial score (nSPS) is 12.1. The maximum absolute atomic E-state index is 10.8. The van der Waals surface area contributed by atoms with Crippen molar-refractivity contribution in [1.82, 2.24) is 0 Å². The minimum Gasteiger partial charge on any atom is -0.297 e. The summed E-state index contributed by atoms with van der Waals surface area (Å²) in [7, 11) is -4.08. The number of rotatable bonds is 5. The largest absolute Gasteiger partial charge is 0.297 e. The first-order chi connectivity index (χ1) is 7.54. The van der Waals surface area contributed by atoms with E-state index in [0.29, 0.717) is 6.42 Å². The molecule has 0 aromatic heterocycles. The first kappa shape index (κ1) is 12.9. The van der Waals surface area contributed by atoms with Crippen molar-refractivity contribution in [2.24, 2.45) is 4.99 Å². The summed E-state index contributed by atoms with van der Waals surface area (Å²) >= 11 is 0. The molecule has 1 N–H and O–H groups in total. The highest BCUT2D eigenvalue weighted by molar-refractivity contribution is 7.85. The van der Waals surface area contributed by atoms with Gasteiger partial charge < -0.3 is 0 Å². The van der Waals surface area contributed by atoms with E-state index in [0.717, 1.165) is 18.5 Å². The molecule has 0 aliphatic rings. The topological polar surface area (TPSA) is 66.7 Å². The van der Waals surface area contributed by atoms with Crippen LogP contribution in [0.25, 0.3) is 0 Å². The lowest BCUT2D eigenvalue weighted by Crippen LogP contribution is -1.98. The van der Waals surface area contributed by atoms with Crippen LogP contribution in [0.4, 0.5) is 0 Å². The third-order valence-electron chi connectivity index (χ3n) is 2.03. The van der Waals surface area contributed by atoms with Gasteiger partial charge in [0.05, 0.1) is 4.90 Å². The molecule has 1 rings (SSSR count). The fourth-order valence-corrected chi connectivity index (χ4v) is 1.67. The van der Waals surface area contributed by atoms with Crippen molar-refractivity contribution >= 4 is 16.3 Å². The third kappa shape index (κ3) is 4.12. The van der Waals surface area contributed by atoms with Crippen molar-refractivity contribution in [3.8, 4) is 0 Å². The Bertz CT molecular complexity index is 449. The molecule has 5 heteroatoms. The Morgan fingerprint density at radius 3 is 2.44 bits per heavy atom. The molecule has 0 aliphatic carbocycles. The molecule has 0 radical (unpaired) electrons. The van der Waals surface area contributed by atoms with Gasteiger partial charge >= 0.3 is 0 Å². The van der Waals surface area contributed by atoms with Gasteiger partial charge in [-0.15, -0.1) is 0 Å². The molecule has 0 saturated carbocycles. The van der Waals surface area contributed by atoms with Gasteiger partial charge in [0.25, 0.3) is 10.1 Å². The predicted octanol–water partition coefficient (Wildman–Crippen LogP) is 1.96. The van der Waals surface area contributed by atoms with Crippen molar-refractivity contribution in [3.05, 3.63) is 29.8 Å². The molecule has 0 spiro atoms. The van der Waals surface area contributed by atoms with E-state index < -0.39 is 10.1 Å². The highest BCUT2D eigenvalue weighted by Crippen LogP contribution is 2.09.